The fourth-order valence-electron chi connectivity index (χ4n) is 1.95. The molecule has 2 heterocycles. The Kier molecular flexibility index (Phi) is 3.43. The third-order valence-corrected chi connectivity index (χ3v) is 3.16. The number of nitrogens with zero attached hydrogens (tertiary/aromatic N) is 4. The normalized spacial score (nSPS) is 10.7. The van der Waals surface area contributed by atoms with E-state index in [-0.39, 0.29) is 5.82 Å². The molecule has 0 bridgehead atoms. The summed E-state index contributed by atoms with van der Waals surface area (Å²) in [5.74, 6) is -0.380. The minimum atomic E-state index is -0.380. The summed E-state index contributed by atoms with van der Waals surface area (Å²) in [6.45, 7) is 0. The minimum absolute atomic E-state index is 0.380. The molecule has 6 heteroatoms. The fourth-order valence-corrected chi connectivity index (χ4v) is 2.07. The van der Waals surface area contributed by atoms with E-state index in [0.717, 1.165) is 5.56 Å². The average Bonchev–Trinajstić information content (AvgIpc) is 2.97. The molecule has 0 aliphatic rings. The quantitative estimate of drug-likeness (QED) is 0.744. The molecule has 0 fully saturated rings. The van der Waals surface area contributed by atoms with Crippen molar-refractivity contribution in [3.8, 4) is 5.69 Å². The van der Waals surface area contributed by atoms with Gasteiger partial charge in [-0.15, -0.1) is 4.80 Å². The van der Waals surface area contributed by atoms with E-state index < -0.39 is 0 Å². The smallest absolute Gasteiger partial charge is 0.147 e. The van der Waals surface area contributed by atoms with E-state index in [4.69, 9.17) is 11.6 Å². The summed E-state index contributed by atoms with van der Waals surface area (Å²) < 4.78 is 14.0. The Hall–Kier alpha value is -2.27. The van der Waals surface area contributed by atoms with Gasteiger partial charge in [-0.1, -0.05) is 23.7 Å². The molecule has 100 valence electrons. The van der Waals surface area contributed by atoms with Gasteiger partial charge in [-0.05, 0) is 17.7 Å². The highest BCUT2D eigenvalue weighted by molar-refractivity contribution is 6.30. The molecule has 0 N–H and O–H groups in total. The summed E-state index contributed by atoms with van der Waals surface area (Å²) in [7, 11) is 0. The molecule has 0 aliphatic heterocycles. The molecule has 20 heavy (non-hydrogen) atoms. The van der Waals surface area contributed by atoms with E-state index in [9.17, 15) is 4.39 Å². The van der Waals surface area contributed by atoms with Gasteiger partial charge in [0, 0.05) is 17.0 Å². The van der Waals surface area contributed by atoms with Gasteiger partial charge in [0.25, 0.3) is 0 Å². The molecule has 2 aromatic heterocycles. The van der Waals surface area contributed by atoms with Crippen LogP contribution in [0, 0.1) is 5.82 Å². The van der Waals surface area contributed by atoms with E-state index >= 15 is 0 Å². The molecule has 3 rings (SSSR count). The Morgan fingerprint density at radius 2 is 1.75 bits per heavy atom. The summed E-state index contributed by atoms with van der Waals surface area (Å²) in [5, 5.41) is 8.69. The van der Waals surface area contributed by atoms with Crippen LogP contribution in [-0.4, -0.2) is 20.0 Å². The number of benzene rings is 1. The van der Waals surface area contributed by atoms with Crippen molar-refractivity contribution < 1.29 is 4.39 Å². The molecule has 0 saturated heterocycles. The highest BCUT2D eigenvalue weighted by Gasteiger charge is 2.12. The van der Waals surface area contributed by atoms with Crippen molar-refractivity contribution in [1.82, 2.24) is 20.0 Å². The first-order chi connectivity index (χ1) is 9.74. The van der Waals surface area contributed by atoms with Crippen molar-refractivity contribution in [2.45, 2.75) is 6.42 Å². The van der Waals surface area contributed by atoms with Crippen LogP contribution in [0.1, 0.15) is 11.1 Å². The van der Waals surface area contributed by atoms with Crippen LogP contribution in [0.15, 0.2) is 49.1 Å². The zero-order valence-corrected chi connectivity index (χ0v) is 11.1. The van der Waals surface area contributed by atoms with Gasteiger partial charge in [-0.25, -0.2) is 4.39 Å². The van der Waals surface area contributed by atoms with Crippen LogP contribution in [0.3, 0.4) is 0 Å². The lowest BCUT2D eigenvalue weighted by atomic mass is 10.0. The number of pyridine rings is 1. The number of rotatable bonds is 3. The summed E-state index contributed by atoms with van der Waals surface area (Å²) in [5.41, 5.74) is 1.98. The van der Waals surface area contributed by atoms with Gasteiger partial charge in [0.15, 0.2) is 0 Å². The van der Waals surface area contributed by atoms with Gasteiger partial charge in [0.05, 0.1) is 24.8 Å². The lowest BCUT2D eigenvalue weighted by Gasteiger charge is -2.09. The van der Waals surface area contributed by atoms with Crippen molar-refractivity contribution in [2.24, 2.45) is 0 Å². The molecule has 1 aromatic carbocycles. The summed E-state index contributed by atoms with van der Waals surface area (Å²) >= 11 is 5.85. The van der Waals surface area contributed by atoms with E-state index in [2.05, 4.69) is 15.2 Å². The van der Waals surface area contributed by atoms with Gasteiger partial charge in [-0.2, -0.15) is 10.2 Å². The highest BCUT2D eigenvalue weighted by Crippen LogP contribution is 2.20. The molecule has 0 amide bonds. The number of halogens is 2. The van der Waals surface area contributed by atoms with Gasteiger partial charge in [0.2, 0.25) is 0 Å². The number of hydrogen-bond acceptors (Lipinski definition) is 3. The maximum atomic E-state index is 14.0. The number of aromatic nitrogens is 4. The second kappa shape index (κ2) is 5.38. The maximum Gasteiger partial charge on any atom is 0.147 e. The molecular weight excluding hydrogens is 279 g/mol. The molecule has 0 saturated carbocycles. The first kappa shape index (κ1) is 12.7. The van der Waals surface area contributed by atoms with E-state index in [1.165, 1.54) is 23.4 Å². The van der Waals surface area contributed by atoms with Crippen LogP contribution >= 0.6 is 11.6 Å². The average molecular weight is 289 g/mol. The Morgan fingerprint density at radius 1 is 1.05 bits per heavy atom. The Bertz CT molecular complexity index is 711. The fraction of sp³-hybridized carbons (Fsp3) is 0.0714. The van der Waals surface area contributed by atoms with Crippen LogP contribution in [0.2, 0.25) is 5.02 Å². The Balaban J connectivity index is 2.02. The van der Waals surface area contributed by atoms with Gasteiger partial charge < -0.3 is 0 Å². The minimum Gasteiger partial charge on any atom is -0.259 e. The van der Waals surface area contributed by atoms with Crippen LogP contribution in [-0.2, 0) is 6.42 Å². The zero-order valence-electron chi connectivity index (χ0n) is 10.4. The standard InChI is InChI=1S/C14H10ClFN4/c15-11-3-1-10(2-4-11)7-12-13(16)8-17-9-14(12)20-18-5-6-19-20/h1-6,8-9H,7H2. The first-order valence-electron chi connectivity index (χ1n) is 5.97. The second-order valence-electron chi connectivity index (χ2n) is 4.24. The van der Waals surface area contributed by atoms with Crippen LogP contribution < -0.4 is 0 Å². The monoisotopic (exact) mass is 288 g/mol. The predicted octanol–water partition coefficient (Wildman–Crippen LogP) is 3.05. The van der Waals surface area contributed by atoms with E-state index in [1.807, 2.05) is 12.1 Å². The van der Waals surface area contributed by atoms with Crippen molar-refractivity contribution >= 4 is 11.6 Å². The molecule has 3 aromatic rings. The first-order valence-corrected chi connectivity index (χ1v) is 6.35. The van der Waals surface area contributed by atoms with E-state index in [1.54, 1.807) is 18.3 Å². The molecule has 4 nitrogen and oxygen atoms in total. The topological polar surface area (TPSA) is 43.6 Å². The zero-order chi connectivity index (χ0) is 13.9. The molecule has 0 aliphatic carbocycles. The maximum absolute atomic E-state index is 14.0. The van der Waals surface area contributed by atoms with Crippen LogP contribution in [0.5, 0.6) is 0 Å². The lowest BCUT2D eigenvalue weighted by Crippen LogP contribution is -2.07. The van der Waals surface area contributed by atoms with Gasteiger partial charge >= 0.3 is 0 Å². The lowest BCUT2D eigenvalue weighted by molar-refractivity contribution is 0.599. The molecule has 0 unspecified atom stereocenters. The molecular formula is C14H10ClFN4. The molecule has 0 radical (unpaired) electrons. The largest absolute Gasteiger partial charge is 0.259 e. The molecule has 0 atom stereocenters. The summed E-state index contributed by atoms with van der Waals surface area (Å²) in [6, 6.07) is 7.29. The second-order valence-corrected chi connectivity index (χ2v) is 4.68. The van der Waals surface area contributed by atoms with Crippen molar-refractivity contribution in [3.05, 3.63) is 71.0 Å². The van der Waals surface area contributed by atoms with Gasteiger partial charge in [-0.3, -0.25) is 4.98 Å². The summed E-state index contributed by atoms with van der Waals surface area (Å²) in [4.78, 5) is 5.22. The van der Waals surface area contributed by atoms with Gasteiger partial charge in [0.1, 0.15) is 11.5 Å². The third kappa shape index (κ3) is 2.53. The van der Waals surface area contributed by atoms with Crippen molar-refractivity contribution in [2.75, 3.05) is 0 Å². The van der Waals surface area contributed by atoms with Crippen LogP contribution in [0.4, 0.5) is 4.39 Å². The van der Waals surface area contributed by atoms with Crippen molar-refractivity contribution in [3.63, 3.8) is 0 Å². The SMILES string of the molecule is Fc1cncc(-n2nccn2)c1Cc1ccc(Cl)cc1. The third-order valence-electron chi connectivity index (χ3n) is 2.91. The predicted molar refractivity (Wildman–Crippen MR) is 73.4 cm³/mol. The Labute approximate surface area is 119 Å². The Morgan fingerprint density at radius 3 is 2.45 bits per heavy atom. The highest BCUT2D eigenvalue weighted by atomic mass is 35.5. The molecule has 0 spiro atoms. The van der Waals surface area contributed by atoms with Crippen molar-refractivity contribution in [1.29, 1.82) is 0 Å². The number of hydrogen-bond donors (Lipinski definition) is 0. The van der Waals surface area contributed by atoms with Crippen LogP contribution in [0.25, 0.3) is 5.69 Å². The van der Waals surface area contributed by atoms with E-state index in [0.29, 0.717) is 22.7 Å². The summed E-state index contributed by atoms with van der Waals surface area (Å²) in [6.07, 6.45) is 6.24.